The summed E-state index contributed by atoms with van der Waals surface area (Å²) < 4.78 is 24.8. The topological polar surface area (TPSA) is 36.9 Å². The summed E-state index contributed by atoms with van der Waals surface area (Å²) in [6, 6.07) is 0. The third-order valence-corrected chi connectivity index (χ3v) is 8.25. The van der Waals surface area contributed by atoms with Crippen molar-refractivity contribution in [1.29, 1.82) is 0 Å². The largest absolute Gasteiger partial charge is 0.384 e. The van der Waals surface area contributed by atoms with E-state index < -0.39 is 0 Å². The van der Waals surface area contributed by atoms with Crippen LogP contribution < -0.4 is 0 Å². The Bertz CT molecular complexity index is 460. The SMILES string of the molecule is COCC(C(C)C)C(OC)C1(OC)CCC(OC)C1(C(C)C)C1CCCCC1. The van der Waals surface area contributed by atoms with Gasteiger partial charge in [0.05, 0.1) is 18.8 Å². The molecule has 0 saturated heterocycles. The van der Waals surface area contributed by atoms with Gasteiger partial charge in [0.1, 0.15) is 5.60 Å². The van der Waals surface area contributed by atoms with E-state index in [2.05, 4.69) is 27.7 Å². The van der Waals surface area contributed by atoms with Crippen LogP contribution >= 0.6 is 0 Å². The summed E-state index contributed by atoms with van der Waals surface area (Å²) in [6.45, 7) is 10.0. The van der Waals surface area contributed by atoms with Gasteiger partial charge in [-0.2, -0.15) is 0 Å². The zero-order chi connectivity index (χ0) is 20.9. The van der Waals surface area contributed by atoms with E-state index in [1.54, 1.807) is 7.11 Å². The van der Waals surface area contributed by atoms with E-state index in [4.69, 9.17) is 18.9 Å². The molecule has 5 atom stereocenters. The van der Waals surface area contributed by atoms with Gasteiger partial charge >= 0.3 is 0 Å². The summed E-state index contributed by atoms with van der Waals surface area (Å²) >= 11 is 0. The van der Waals surface area contributed by atoms with E-state index in [0.29, 0.717) is 24.4 Å². The Morgan fingerprint density at radius 2 is 1.54 bits per heavy atom. The third kappa shape index (κ3) is 3.79. The molecule has 0 aromatic carbocycles. The van der Waals surface area contributed by atoms with Gasteiger partial charge in [0, 0.05) is 39.8 Å². The molecular formula is C24H46O4. The van der Waals surface area contributed by atoms with Crippen LogP contribution in [0.1, 0.15) is 72.6 Å². The number of hydrogen-bond donors (Lipinski definition) is 0. The maximum absolute atomic E-state index is 6.63. The molecule has 0 N–H and O–H groups in total. The zero-order valence-electron chi connectivity index (χ0n) is 19.8. The zero-order valence-corrected chi connectivity index (χ0v) is 19.8. The van der Waals surface area contributed by atoms with Crippen molar-refractivity contribution in [3.63, 3.8) is 0 Å². The van der Waals surface area contributed by atoms with Crippen LogP contribution in [0.5, 0.6) is 0 Å². The van der Waals surface area contributed by atoms with Crippen LogP contribution in [0.2, 0.25) is 0 Å². The number of hydrogen-bond acceptors (Lipinski definition) is 4. The van der Waals surface area contributed by atoms with Gasteiger partial charge in [-0.15, -0.1) is 0 Å². The maximum Gasteiger partial charge on any atom is 0.103 e. The second kappa shape index (κ2) is 10.2. The fourth-order valence-electron chi connectivity index (χ4n) is 7.22. The fourth-order valence-corrected chi connectivity index (χ4v) is 7.22. The molecule has 0 radical (unpaired) electrons. The Labute approximate surface area is 174 Å². The molecule has 0 bridgehead atoms. The number of ether oxygens (including phenoxy) is 4. The molecule has 28 heavy (non-hydrogen) atoms. The van der Waals surface area contributed by atoms with Crippen LogP contribution in [0, 0.1) is 29.1 Å². The van der Waals surface area contributed by atoms with Gasteiger partial charge in [-0.1, -0.05) is 47.0 Å². The highest BCUT2D eigenvalue weighted by Gasteiger charge is 2.69. The molecule has 0 spiro atoms. The van der Waals surface area contributed by atoms with Gasteiger partial charge in [0.15, 0.2) is 0 Å². The molecule has 0 amide bonds. The second-order valence-electron chi connectivity index (χ2n) is 9.80. The molecule has 2 aliphatic rings. The van der Waals surface area contributed by atoms with Gasteiger partial charge in [-0.25, -0.2) is 0 Å². The maximum atomic E-state index is 6.63. The van der Waals surface area contributed by atoms with E-state index >= 15 is 0 Å². The summed E-state index contributed by atoms with van der Waals surface area (Å²) in [7, 11) is 7.47. The minimum Gasteiger partial charge on any atom is -0.384 e. The lowest BCUT2D eigenvalue weighted by atomic mass is 9.52. The third-order valence-electron chi connectivity index (χ3n) is 8.25. The summed E-state index contributed by atoms with van der Waals surface area (Å²) in [5, 5.41) is 0. The van der Waals surface area contributed by atoms with Crippen molar-refractivity contribution < 1.29 is 18.9 Å². The van der Waals surface area contributed by atoms with E-state index in [1.807, 2.05) is 21.3 Å². The van der Waals surface area contributed by atoms with Crippen molar-refractivity contribution in [2.75, 3.05) is 35.0 Å². The van der Waals surface area contributed by atoms with Crippen molar-refractivity contribution >= 4 is 0 Å². The first-order valence-corrected chi connectivity index (χ1v) is 11.5. The van der Waals surface area contributed by atoms with Crippen molar-refractivity contribution in [3.8, 4) is 0 Å². The highest BCUT2D eigenvalue weighted by Crippen LogP contribution is 2.64. The quantitative estimate of drug-likeness (QED) is 0.498. The first kappa shape index (κ1) is 24.1. The minimum absolute atomic E-state index is 0.0121. The van der Waals surface area contributed by atoms with Crippen LogP contribution in [0.3, 0.4) is 0 Å². The minimum atomic E-state index is -0.355. The van der Waals surface area contributed by atoms with E-state index in [0.717, 1.165) is 12.8 Å². The number of rotatable bonds is 10. The normalized spacial score (nSPS) is 34.3. The molecule has 2 fully saturated rings. The Balaban J connectivity index is 2.64. The summed E-state index contributed by atoms with van der Waals surface area (Å²) in [5.41, 5.74) is -0.398. The molecule has 4 nitrogen and oxygen atoms in total. The molecule has 2 rings (SSSR count). The highest BCUT2D eigenvalue weighted by atomic mass is 16.5. The van der Waals surface area contributed by atoms with E-state index in [9.17, 15) is 0 Å². The van der Waals surface area contributed by atoms with Crippen molar-refractivity contribution in [1.82, 2.24) is 0 Å². The first-order chi connectivity index (χ1) is 13.4. The smallest absolute Gasteiger partial charge is 0.103 e. The van der Waals surface area contributed by atoms with Gasteiger partial charge in [0.25, 0.3) is 0 Å². The van der Waals surface area contributed by atoms with Crippen LogP contribution in [0.15, 0.2) is 0 Å². The summed E-state index contributed by atoms with van der Waals surface area (Å²) in [5.74, 6) is 1.81. The molecule has 2 saturated carbocycles. The molecular weight excluding hydrogens is 352 g/mol. The molecule has 5 unspecified atom stereocenters. The lowest BCUT2D eigenvalue weighted by Crippen LogP contribution is -2.66. The van der Waals surface area contributed by atoms with Gasteiger partial charge in [-0.3, -0.25) is 0 Å². The highest BCUT2D eigenvalue weighted by molar-refractivity contribution is 5.18. The van der Waals surface area contributed by atoms with Gasteiger partial charge in [0.2, 0.25) is 0 Å². The molecule has 0 aliphatic heterocycles. The van der Waals surface area contributed by atoms with Crippen LogP contribution in [0.4, 0.5) is 0 Å². The Kier molecular flexibility index (Phi) is 8.82. The lowest BCUT2D eigenvalue weighted by Gasteiger charge is -2.59. The second-order valence-corrected chi connectivity index (χ2v) is 9.80. The summed E-state index contributed by atoms with van der Waals surface area (Å²) in [6.07, 6.45) is 8.77. The van der Waals surface area contributed by atoms with E-state index in [-0.39, 0.29) is 29.1 Å². The van der Waals surface area contributed by atoms with Crippen LogP contribution in [-0.4, -0.2) is 52.9 Å². The predicted octanol–water partition coefficient (Wildman–Crippen LogP) is 5.34. The average Bonchev–Trinajstić information content (AvgIpc) is 3.04. The molecule has 0 heterocycles. The van der Waals surface area contributed by atoms with Crippen LogP contribution in [-0.2, 0) is 18.9 Å². The van der Waals surface area contributed by atoms with Crippen molar-refractivity contribution in [3.05, 3.63) is 0 Å². The average molecular weight is 399 g/mol. The predicted molar refractivity (Wildman–Crippen MR) is 115 cm³/mol. The van der Waals surface area contributed by atoms with E-state index in [1.165, 1.54) is 32.1 Å². The van der Waals surface area contributed by atoms with Crippen molar-refractivity contribution in [2.24, 2.45) is 29.1 Å². The molecule has 4 heteroatoms. The van der Waals surface area contributed by atoms with Gasteiger partial charge in [-0.05, 0) is 43.4 Å². The number of methoxy groups -OCH3 is 4. The van der Waals surface area contributed by atoms with Crippen LogP contribution in [0.25, 0.3) is 0 Å². The Hall–Kier alpha value is -0.160. The van der Waals surface area contributed by atoms with Crippen molar-refractivity contribution in [2.45, 2.75) is 90.4 Å². The molecule has 166 valence electrons. The Morgan fingerprint density at radius 1 is 0.893 bits per heavy atom. The molecule has 2 aliphatic carbocycles. The monoisotopic (exact) mass is 398 g/mol. The summed E-state index contributed by atoms with van der Waals surface area (Å²) in [4.78, 5) is 0. The molecule has 0 aromatic heterocycles. The lowest BCUT2D eigenvalue weighted by molar-refractivity contribution is -0.250. The standard InChI is InChI=1S/C24H46O4/c1-17(2)20(16-25-5)22(27-7)23(28-8)15-14-21(26-6)24(23,18(3)4)19-12-10-9-11-13-19/h17-22H,9-16H2,1-8H3. The fraction of sp³-hybridized carbons (Fsp3) is 1.00. The molecule has 0 aromatic rings. The first-order valence-electron chi connectivity index (χ1n) is 11.5. The Morgan fingerprint density at radius 3 is 1.96 bits per heavy atom. The van der Waals surface area contributed by atoms with Gasteiger partial charge < -0.3 is 18.9 Å².